The number of carbonyl (C=O) groups excluding carboxylic acids is 1. The lowest BCUT2D eigenvalue weighted by atomic mass is 10.2. The van der Waals surface area contributed by atoms with Crippen LogP contribution >= 0.6 is 11.3 Å². The monoisotopic (exact) mass is 352 g/mol. The van der Waals surface area contributed by atoms with Crippen LogP contribution in [0.2, 0.25) is 0 Å². The van der Waals surface area contributed by atoms with Crippen LogP contribution in [0.1, 0.15) is 11.8 Å². The lowest BCUT2D eigenvalue weighted by Gasteiger charge is -2.29. The quantitative estimate of drug-likeness (QED) is 0.921. The second-order valence-corrected chi connectivity index (χ2v) is 8.37. The maximum Gasteiger partial charge on any atom is 0.271 e. The summed E-state index contributed by atoms with van der Waals surface area (Å²) < 4.78 is 33.1. The zero-order valence-corrected chi connectivity index (χ0v) is 14.3. The molecule has 0 saturated heterocycles. The fourth-order valence-electron chi connectivity index (χ4n) is 2.37. The van der Waals surface area contributed by atoms with E-state index < -0.39 is 10.0 Å². The topological polar surface area (TPSA) is 75.7 Å². The van der Waals surface area contributed by atoms with E-state index >= 15 is 0 Å². The van der Waals surface area contributed by atoms with Gasteiger partial charge in [0.1, 0.15) is 16.6 Å². The van der Waals surface area contributed by atoms with Gasteiger partial charge in [-0.1, -0.05) is 0 Å². The molecule has 0 bridgehead atoms. The molecule has 23 heavy (non-hydrogen) atoms. The molecule has 0 radical (unpaired) electrons. The number of carbonyl (C=O) groups is 1. The summed E-state index contributed by atoms with van der Waals surface area (Å²) in [5, 5.41) is 0. The lowest BCUT2D eigenvalue weighted by molar-refractivity contribution is -0.116. The summed E-state index contributed by atoms with van der Waals surface area (Å²) >= 11 is 1.21. The molecule has 6 nitrogen and oxygen atoms in total. The molecule has 1 N–H and O–H groups in total. The summed E-state index contributed by atoms with van der Waals surface area (Å²) in [6, 6.07) is 8.25. The molecule has 0 saturated carbocycles. The smallest absolute Gasteiger partial charge is 0.271 e. The summed E-state index contributed by atoms with van der Waals surface area (Å²) in [6.07, 6.45) is 0. The van der Waals surface area contributed by atoms with E-state index in [1.807, 2.05) is 6.92 Å². The summed E-state index contributed by atoms with van der Waals surface area (Å²) in [5.74, 6) is 0.463. The van der Waals surface area contributed by atoms with E-state index in [1.165, 1.54) is 18.3 Å². The van der Waals surface area contributed by atoms with Crippen molar-refractivity contribution in [2.45, 2.75) is 18.1 Å². The van der Waals surface area contributed by atoms with Crippen LogP contribution in [-0.4, -0.2) is 27.5 Å². The molecule has 2 heterocycles. The predicted molar refractivity (Wildman–Crippen MR) is 89.8 cm³/mol. The third kappa shape index (κ3) is 3.18. The van der Waals surface area contributed by atoms with Gasteiger partial charge in [0.15, 0.2) is 0 Å². The Morgan fingerprint density at radius 1 is 1.30 bits per heavy atom. The molecule has 2 aromatic rings. The number of rotatable bonds is 3. The van der Waals surface area contributed by atoms with Gasteiger partial charge in [-0.05, 0) is 37.3 Å². The van der Waals surface area contributed by atoms with Crippen molar-refractivity contribution in [3.63, 3.8) is 0 Å². The number of benzene rings is 1. The molecule has 122 valence electrons. The minimum Gasteiger partial charge on any atom is -0.490 e. The molecule has 1 aromatic carbocycles. The van der Waals surface area contributed by atoms with Gasteiger partial charge >= 0.3 is 0 Å². The van der Waals surface area contributed by atoms with Crippen LogP contribution in [0.25, 0.3) is 0 Å². The normalized spacial score (nSPS) is 14.1. The summed E-state index contributed by atoms with van der Waals surface area (Å²) in [6.45, 7) is 4.19. The van der Waals surface area contributed by atoms with Gasteiger partial charge < -0.3 is 9.64 Å². The van der Waals surface area contributed by atoms with Gasteiger partial charge in [0, 0.05) is 11.8 Å². The van der Waals surface area contributed by atoms with Crippen molar-refractivity contribution >= 4 is 38.6 Å². The van der Waals surface area contributed by atoms with Crippen molar-refractivity contribution in [2.75, 3.05) is 22.8 Å². The number of sulfonamides is 1. The van der Waals surface area contributed by atoms with E-state index in [2.05, 4.69) is 4.72 Å². The minimum absolute atomic E-state index is 0.108. The number of anilines is 2. The molecule has 8 heteroatoms. The molecule has 0 aliphatic carbocycles. The second kappa shape index (κ2) is 5.86. The second-order valence-electron chi connectivity index (χ2n) is 5.17. The Bertz CT molecular complexity index is 858. The van der Waals surface area contributed by atoms with E-state index in [-0.39, 0.29) is 10.1 Å². The Kier molecular flexibility index (Phi) is 4.03. The van der Waals surface area contributed by atoms with Gasteiger partial charge in [0.25, 0.3) is 10.0 Å². The molecule has 1 aromatic heterocycles. The highest BCUT2D eigenvalue weighted by Crippen LogP contribution is 2.35. The fourth-order valence-corrected chi connectivity index (χ4v) is 4.70. The van der Waals surface area contributed by atoms with E-state index in [1.54, 1.807) is 35.2 Å². The first-order valence-corrected chi connectivity index (χ1v) is 9.31. The molecular weight excluding hydrogens is 336 g/mol. The van der Waals surface area contributed by atoms with Gasteiger partial charge in [0.05, 0.1) is 17.9 Å². The predicted octanol–water partition coefficient (Wildman–Crippen LogP) is 2.60. The van der Waals surface area contributed by atoms with Gasteiger partial charge in [0.2, 0.25) is 5.91 Å². The van der Waals surface area contributed by atoms with Crippen LogP contribution in [0.3, 0.4) is 0 Å². The number of nitrogens with one attached hydrogen (secondary N) is 1. The number of hydrogen-bond donors (Lipinski definition) is 1. The number of fused-ring (bicyclic) bond motifs is 1. The van der Waals surface area contributed by atoms with Crippen molar-refractivity contribution in [1.82, 2.24) is 0 Å². The highest BCUT2D eigenvalue weighted by atomic mass is 32.2. The van der Waals surface area contributed by atoms with Gasteiger partial charge in [-0.15, -0.1) is 11.3 Å². The van der Waals surface area contributed by atoms with Gasteiger partial charge in [-0.2, -0.15) is 0 Å². The third-order valence-corrected chi connectivity index (χ3v) is 6.31. The number of aryl methyl sites for hydroxylation is 1. The Morgan fingerprint density at radius 2 is 2.09 bits per heavy atom. The fraction of sp³-hybridized carbons (Fsp3) is 0.267. The highest BCUT2D eigenvalue weighted by molar-refractivity contribution is 7.94. The SMILES string of the molecule is CC(=O)N1CCOc2ccc(NS(=O)(=O)c3ccc(C)s3)cc21. The van der Waals surface area contributed by atoms with Gasteiger partial charge in [-0.3, -0.25) is 9.52 Å². The van der Waals surface area contributed by atoms with Crippen LogP contribution in [0.5, 0.6) is 5.75 Å². The average molecular weight is 352 g/mol. The number of amides is 1. The Balaban J connectivity index is 1.93. The first-order valence-electron chi connectivity index (χ1n) is 7.01. The zero-order chi connectivity index (χ0) is 16.6. The molecule has 1 aliphatic heterocycles. The Morgan fingerprint density at radius 3 is 2.74 bits per heavy atom. The van der Waals surface area contributed by atoms with Crippen molar-refractivity contribution in [3.8, 4) is 5.75 Å². The van der Waals surface area contributed by atoms with Gasteiger partial charge in [-0.25, -0.2) is 8.42 Å². The summed E-state index contributed by atoms with van der Waals surface area (Å²) in [4.78, 5) is 14.2. The lowest BCUT2D eigenvalue weighted by Crippen LogP contribution is -2.36. The van der Waals surface area contributed by atoms with Crippen molar-refractivity contribution in [2.24, 2.45) is 0 Å². The van der Waals surface area contributed by atoms with E-state index in [4.69, 9.17) is 4.74 Å². The van der Waals surface area contributed by atoms with Crippen LogP contribution in [0.4, 0.5) is 11.4 Å². The molecule has 3 rings (SSSR count). The van der Waals surface area contributed by atoms with Crippen molar-refractivity contribution in [3.05, 3.63) is 35.2 Å². The van der Waals surface area contributed by atoms with Crippen molar-refractivity contribution in [1.29, 1.82) is 0 Å². The summed E-state index contributed by atoms with van der Waals surface area (Å²) in [7, 11) is -3.63. The van der Waals surface area contributed by atoms with Crippen LogP contribution in [0.15, 0.2) is 34.5 Å². The molecule has 1 amide bonds. The summed E-state index contributed by atoms with van der Waals surface area (Å²) in [5.41, 5.74) is 0.970. The first-order chi connectivity index (χ1) is 10.9. The maximum atomic E-state index is 12.4. The Labute approximate surface area is 138 Å². The number of thiophene rings is 1. The molecular formula is C15H16N2O4S2. The number of ether oxygens (including phenoxy) is 1. The Hall–Kier alpha value is -2.06. The molecule has 0 fully saturated rings. The molecule has 0 unspecified atom stereocenters. The van der Waals surface area contributed by atoms with Crippen LogP contribution in [0, 0.1) is 6.92 Å². The van der Waals surface area contributed by atoms with E-state index in [9.17, 15) is 13.2 Å². The van der Waals surface area contributed by atoms with Crippen molar-refractivity contribution < 1.29 is 17.9 Å². The van der Waals surface area contributed by atoms with Crippen LogP contribution < -0.4 is 14.4 Å². The minimum atomic E-state index is -3.63. The highest BCUT2D eigenvalue weighted by Gasteiger charge is 2.23. The third-order valence-electron chi connectivity index (χ3n) is 3.44. The molecule has 0 spiro atoms. The average Bonchev–Trinajstić information content (AvgIpc) is 2.93. The van der Waals surface area contributed by atoms with E-state index in [0.29, 0.717) is 30.3 Å². The number of nitrogens with zero attached hydrogens (tertiary/aromatic N) is 1. The number of hydrogen-bond acceptors (Lipinski definition) is 5. The largest absolute Gasteiger partial charge is 0.490 e. The van der Waals surface area contributed by atoms with E-state index in [0.717, 1.165) is 4.88 Å². The molecule has 1 aliphatic rings. The zero-order valence-electron chi connectivity index (χ0n) is 12.7. The molecule has 0 atom stereocenters. The first kappa shape index (κ1) is 15.8. The van der Waals surface area contributed by atoms with Crippen LogP contribution in [-0.2, 0) is 14.8 Å². The standard InChI is InChI=1S/C15H16N2O4S2/c1-10-3-6-15(22-10)23(19,20)16-12-4-5-14-13(9-12)17(11(2)18)7-8-21-14/h3-6,9,16H,7-8H2,1-2H3. The maximum absolute atomic E-state index is 12.4.